The van der Waals surface area contributed by atoms with Crippen molar-refractivity contribution in [1.29, 1.82) is 0 Å². The highest BCUT2D eigenvalue weighted by Crippen LogP contribution is 2.36. The van der Waals surface area contributed by atoms with E-state index in [0.29, 0.717) is 31.9 Å². The smallest absolute Gasteiger partial charge is 0.307 e. The van der Waals surface area contributed by atoms with Crippen LogP contribution in [-0.4, -0.2) is 16.1 Å². The molecule has 0 amide bonds. The van der Waals surface area contributed by atoms with Crippen LogP contribution < -0.4 is 0 Å². The predicted molar refractivity (Wildman–Crippen MR) is 90.1 cm³/mol. The van der Waals surface area contributed by atoms with E-state index >= 15 is 0 Å². The van der Waals surface area contributed by atoms with Crippen molar-refractivity contribution in [3.05, 3.63) is 57.0 Å². The average Bonchev–Trinajstić information content (AvgIpc) is 2.76. The van der Waals surface area contributed by atoms with Crippen LogP contribution in [-0.2, 0) is 11.2 Å². The van der Waals surface area contributed by atoms with Gasteiger partial charge in [0.05, 0.1) is 17.1 Å². The summed E-state index contributed by atoms with van der Waals surface area (Å²) < 4.78 is 0. The second-order valence-electron chi connectivity index (χ2n) is 4.86. The molecule has 2 aromatic carbocycles. The zero-order valence-corrected chi connectivity index (χ0v) is 13.4. The van der Waals surface area contributed by atoms with E-state index in [1.807, 2.05) is 6.07 Å². The minimum absolute atomic E-state index is 0.130. The molecule has 0 atom stereocenters. The van der Waals surface area contributed by atoms with Crippen molar-refractivity contribution >= 4 is 51.7 Å². The van der Waals surface area contributed by atoms with Crippen molar-refractivity contribution in [2.24, 2.45) is 0 Å². The number of halogens is 3. The second kappa shape index (κ2) is 5.84. The SMILES string of the molecule is O=C(O)Cc1c(-c2ccc(Cl)cc2Cl)[nH]c2ccc(Cl)cc12. The Bertz CT molecular complexity index is 886. The van der Waals surface area contributed by atoms with Gasteiger partial charge in [-0.25, -0.2) is 0 Å². The van der Waals surface area contributed by atoms with E-state index in [1.165, 1.54) is 0 Å². The van der Waals surface area contributed by atoms with Crippen LogP contribution in [0.3, 0.4) is 0 Å². The van der Waals surface area contributed by atoms with Gasteiger partial charge in [-0.2, -0.15) is 0 Å². The molecule has 0 fully saturated rings. The van der Waals surface area contributed by atoms with E-state index in [2.05, 4.69) is 4.98 Å². The van der Waals surface area contributed by atoms with Gasteiger partial charge in [0.25, 0.3) is 0 Å². The number of carboxylic acid groups (broad SMARTS) is 1. The van der Waals surface area contributed by atoms with Gasteiger partial charge in [-0.05, 0) is 42.0 Å². The highest BCUT2D eigenvalue weighted by molar-refractivity contribution is 6.36. The minimum Gasteiger partial charge on any atom is -0.481 e. The molecule has 3 aromatic rings. The summed E-state index contributed by atoms with van der Waals surface area (Å²) >= 11 is 18.2. The third kappa shape index (κ3) is 2.80. The number of carbonyl (C=O) groups is 1. The third-order valence-electron chi connectivity index (χ3n) is 3.40. The first-order valence-electron chi connectivity index (χ1n) is 6.43. The molecule has 0 saturated heterocycles. The highest BCUT2D eigenvalue weighted by atomic mass is 35.5. The maximum Gasteiger partial charge on any atom is 0.307 e. The maximum atomic E-state index is 11.2. The van der Waals surface area contributed by atoms with Gasteiger partial charge < -0.3 is 10.1 Å². The molecular weight excluding hydrogens is 345 g/mol. The van der Waals surface area contributed by atoms with Crippen molar-refractivity contribution < 1.29 is 9.90 Å². The molecular formula is C16H10Cl3NO2. The number of aromatic amines is 1. The van der Waals surface area contributed by atoms with Crippen LogP contribution in [0.15, 0.2) is 36.4 Å². The summed E-state index contributed by atoms with van der Waals surface area (Å²) in [4.78, 5) is 14.4. The lowest BCUT2D eigenvalue weighted by atomic mass is 10.0. The summed E-state index contributed by atoms with van der Waals surface area (Å²) in [5, 5.41) is 11.5. The summed E-state index contributed by atoms with van der Waals surface area (Å²) in [6.45, 7) is 0. The van der Waals surface area contributed by atoms with E-state index in [4.69, 9.17) is 34.8 Å². The number of nitrogens with one attached hydrogen (secondary N) is 1. The molecule has 0 aliphatic carbocycles. The quantitative estimate of drug-likeness (QED) is 0.659. The lowest BCUT2D eigenvalue weighted by molar-refractivity contribution is -0.136. The number of aliphatic carboxylic acids is 1. The fourth-order valence-corrected chi connectivity index (χ4v) is 3.15. The Morgan fingerprint density at radius 3 is 2.41 bits per heavy atom. The Labute approximate surface area is 141 Å². The van der Waals surface area contributed by atoms with E-state index in [0.717, 1.165) is 10.9 Å². The molecule has 0 aliphatic rings. The Kier molecular flexibility index (Phi) is 4.04. The molecule has 3 nitrogen and oxygen atoms in total. The predicted octanol–water partition coefficient (Wildman–Crippen LogP) is 5.42. The Balaban J connectivity index is 2.30. The van der Waals surface area contributed by atoms with Crippen LogP contribution in [0.5, 0.6) is 0 Å². The summed E-state index contributed by atoms with van der Waals surface area (Å²) in [5.74, 6) is -0.924. The fraction of sp³-hybridized carbons (Fsp3) is 0.0625. The van der Waals surface area contributed by atoms with Gasteiger partial charge in [0.2, 0.25) is 0 Å². The molecule has 6 heteroatoms. The lowest BCUT2D eigenvalue weighted by Gasteiger charge is -2.06. The molecule has 1 heterocycles. The number of aromatic nitrogens is 1. The number of hydrogen-bond donors (Lipinski definition) is 2. The molecule has 0 spiro atoms. The number of benzene rings is 2. The van der Waals surface area contributed by atoms with E-state index in [9.17, 15) is 9.90 Å². The van der Waals surface area contributed by atoms with Crippen molar-refractivity contribution in [3.8, 4) is 11.3 Å². The van der Waals surface area contributed by atoms with E-state index < -0.39 is 5.97 Å². The van der Waals surface area contributed by atoms with E-state index in [1.54, 1.807) is 30.3 Å². The Morgan fingerprint density at radius 1 is 1.05 bits per heavy atom. The van der Waals surface area contributed by atoms with Crippen molar-refractivity contribution in [2.45, 2.75) is 6.42 Å². The monoisotopic (exact) mass is 353 g/mol. The highest BCUT2D eigenvalue weighted by Gasteiger charge is 2.18. The normalized spacial score (nSPS) is 11.0. The van der Waals surface area contributed by atoms with Crippen molar-refractivity contribution in [3.63, 3.8) is 0 Å². The topological polar surface area (TPSA) is 53.1 Å². The first kappa shape index (κ1) is 15.2. The summed E-state index contributed by atoms with van der Waals surface area (Å²) in [6.07, 6.45) is -0.130. The molecule has 0 radical (unpaired) electrons. The van der Waals surface area contributed by atoms with Gasteiger partial charge in [-0.15, -0.1) is 0 Å². The van der Waals surface area contributed by atoms with Gasteiger partial charge in [-0.1, -0.05) is 34.8 Å². The number of H-pyrrole nitrogens is 1. The summed E-state index contributed by atoms with van der Waals surface area (Å²) in [7, 11) is 0. The van der Waals surface area contributed by atoms with E-state index in [-0.39, 0.29) is 6.42 Å². The molecule has 0 aliphatic heterocycles. The molecule has 0 bridgehead atoms. The second-order valence-corrected chi connectivity index (χ2v) is 6.14. The van der Waals surface area contributed by atoms with Gasteiger partial charge >= 0.3 is 5.97 Å². The molecule has 3 rings (SSSR count). The van der Waals surface area contributed by atoms with Crippen molar-refractivity contribution in [2.75, 3.05) is 0 Å². The fourth-order valence-electron chi connectivity index (χ4n) is 2.48. The lowest BCUT2D eigenvalue weighted by Crippen LogP contribution is -2.01. The molecule has 0 unspecified atom stereocenters. The Hall–Kier alpha value is -1.68. The van der Waals surface area contributed by atoms with Gasteiger partial charge in [0.1, 0.15) is 0 Å². The third-order valence-corrected chi connectivity index (χ3v) is 4.18. The number of fused-ring (bicyclic) bond motifs is 1. The minimum atomic E-state index is -0.924. The summed E-state index contributed by atoms with van der Waals surface area (Å²) in [5.41, 5.74) is 2.83. The standard InChI is InChI=1S/C16H10Cl3NO2/c17-8-2-4-14-11(5-8)12(7-15(21)22)16(20-14)10-3-1-9(18)6-13(10)19/h1-6,20H,7H2,(H,21,22). The Morgan fingerprint density at radius 2 is 1.73 bits per heavy atom. The van der Waals surface area contributed by atoms with Gasteiger partial charge in [0, 0.05) is 26.5 Å². The van der Waals surface area contributed by atoms with Crippen LogP contribution in [0, 0.1) is 0 Å². The average molecular weight is 355 g/mol. The molecule has 112 valence electrons. The number of carboxylic acids is 1. The molecule has 2 N–H and O–H groups in total. The molecule has 0 saturated carbocycles. The largest absolute Gasteiger partial charge is 0.481 e. The van der Waals surface area contributed by atoms with Crippen LogP contribution in [0.4, 0.5) is 0 Å². The van der Waals surface area contributed by atoms with Crippen LogP contribution >= 0.6 is 34.8 Å². The number of hydrogen-bond acceptors (Lipinski definition) is 1. The first-order valence-corrected chi connectivity index (χ1v) is 7.56. The summed E-state index contributed by atoms with van der Waals surface area (Å²) in [6, 6.07) is 10.4. The molecule has 22 heavy (non-hydrogen) atoms. The van der Waals surface area contributed by atoms with Crippen molar-refractivity contribution in [1.82, 2.24) is 4.98 Å². The molecule has 1 aromatic heterocycles. The van der Waals surface area contributed by atoms with Crippen LogP contribution in [0.1, 0.15) is 5.56 Å². The van der Waals surface area contributed by atoms with Gasteiger partial charge in [0.15, 0.2) is 0 Å². The number of rotatable bonds is 3. The zero-order valence-electron chi connectivity index (χ0n) is 11.2. The van der Waals surface area contributed by atoms with Crippen LogP contribution in [0.25, 0.3) is 22.2 Å². The zero-order chi connectivity index (χ0) is 15.9. The maximum absolute atomic E-state index is 11.2. The first-order chi connectivity index (χ1) is 10.5. The van der Waals surface area contributed by atoms with Crippen LogP contribution in [0.2, 0.25) is 15.1 Å². The van der Waals surface area contributed by atoms with Gasteiger partial charge in [-0.3, -0.25) is 4.79 Å².